The lowest BCUT2D eigenvalue weighted by atomic mass is 9.93. The Kier molecular flexibility index (Phi) is 7.66. The van der Waals surface area contributed by atoms with Crippen molar-refractivity contribution < 1.29 is 14.0 Å². The summed E-state index contributed by atoms with van der Waals surface area (Å²) in [5, 5.41) is 0. The molecule has 1 aromatic carbocycles. The molecule has 3 nitrogen and oxygen atoms in total. The maximum Gasteiger partial charge on any atom is 0.300 e. The van der Waals surface area contributed by atoms with Crippen LogP contribution in [0.3, 0.4) is 0 Å². The van der Waals surface area contributed by atoms with Crippen LogP contribution < -0.4 is 4.74 Å². The van der Waals surface area contributed by atoms with Gasteiger partial charge in [0.2, 0.25) is 8.32 Å². The first-order chi connectivity index (χ1) is 10.4. The van der Waals surface area contributed by atoms with Gasteiger partial charge in [0.05, 0.1) is 13.0 Å². The molecule has 1 atom stereocenters. The van der Waals surface area contributed by atoms with Crippen molar-refractivity contribution in [3.8, 4) is 5.75 Å². The molecule has 0 aromatic heterocycles. The number of hydrogen-bond donors (Lipinski definition) is 0. The van der Waals surface area contributed by atoms with Gasteiger partial charge in [0.1, 0.15) is 5.75 Å². The van der Waals surface area contributed by atoms with Crippen LogP contribution in [0, 0.1) is 0 Å². The number of rotatable bonds is 9. The number of carbonyl (C=O) groups is 1. The van der Waals surface area contributed by atoms with Crippen LogP contribution in [0.5, 0.6) is 5.75 Å². The van der Waals surface area contributed by atoms with Crippen LogP contribution in [0.2, 0.25) is 19.6 Å². The Morgan fingerprint density at radius 2 is 1.73 bits per heavy atom. The molecule has 0 saturated carbocycles. The van der Waals surface area contributed by atoms with E-state index >= 15 is 0 Å². The van der Waals surface area contributed by atoms with Crippen molar-refractivity contribution in [2.24, 2.45) is 0 Å². The van der Waals surface area contributed by atoms with Crippen LogP contribution in [0.15, 0.2) is 24.3 Å². The maximum absolute atomic E-state index is 12.6. The fourth-order valence-electron chi connectivity index (χ4n) is 2.40. The van der Waals surface area contributed by atoms with E-state index in [1.807, 2.05) is 43.9 Å². The summed E-state index contributed by atoms with van der Waals surface area (Å²) in [6, 6.07) is 7.79. The zero-order valence-corrected chi connectivity index (χ0v) is 15.6. The molecule has 0 fully saturated rings. The fraction of sp³-hybridized carbons (Fsp3) is 0.611. The van der Waals surface area contributed by atoms with Crippen LogP contribution in [-0.4, -0.2) is 21.4 Å². The van der Waals surface area contributed by atoms with E-state index < -0.39 is 8.32 Å². The lowest BCUT2D eigenvalue weighted by molar-refractivity contribution is -0.137. The molecule has 0 spiro atoms. The number of methoxy groups -OCH3 is 1. The smallest absolute Gasteiger partial charge is 0.300 e. The molecular formula is C18H30O3Si. The fourth-order valence-corrected chi connectivity index (χ4v) is 3.15. The van der Waals surface area contributed by atoms with E-state index in [0.717, 1.165) is 24.2 Å². The highest BCUT2D eigenvalue weighted by Gasteiger charge is 2.27. The molecule has 0 bridgehead atoms. The van der Waals surface area contributed by atoms with Gasteiger partial charge in [-0.25, -0.2) is 0 Å². The summed E-state index contributed by atoms with van der Waals surface area (Å²) >= 11 is 0. The first kappa shape index (κ1) is 18.8. The summed E-state index contributed by atoms with van der Waals surface area (Å²) in [6.45, 7) is 8.34. The van der Waals surface area contributed by atoms with E-state index in [1.54, 1.807) is 7.11 Å². The molecule has 4 heteroatoms. The van der Waals surface area contributed by atoms with Gasteiger partial charge in [-0.15, -0.1) is 0 Å². The highest BCUT2D eigenvalue weighted by atomic mass is 28.4. The highest BCUT2D eigenvalue weighted by molar-refractivity contribution is 6.71. The largest absolute Gasteiger partial charge is 0.519 e. The predicted molar refractivity (Wildman–Crippen MR) is 93.9 cm³/mol. The summed E-state index contributed by atoms with van der Waals surface area (Å²) in [4.78, 5) is 12.6. The number of hydrogen-bond acceptors (Lipinski definition) is 3. The Morgan fingerprint density at radius 3 is 2.23 bits per heavy atom. The molecule has 0 heterocycles. The lowest BCUT2D eigenvalue weighted by Crippen LogP contribution is -2.32. The minimum Gasteiger partial charge on any atom is -0.519 e. The van der Waals surface area contributed by atoms with Gasteiger partial charge in [0, 0.05) is 0 Å². The number of carbonyl (C=O) groups excluding carboxylic acids is 1. The van der Waals surface area contributed by atoms with Gasteiger partial charge >= 0.3 is 0 Å². The van der Waals surface area contributed by atoms with Crippen molar-refractivity contribution in [2.45, 2.75) is 64.6 Å². The van der Waals surface area contributed by atoms with Crippen molar-refractivity contribution >= 4 is 14.3 Å². The third-order valence-electron chi connectivity index (χ3n) is 3.56. The van der Waals surface area contributed by atoms with Crippen LogP contribution in [-0.2, 0) is 9.22 Å². The Balaban J connectivity index is 2.81. The molecule has 1 aromatic rings. The summed E-state index contributed by atoms with van der Waals surface area (Å²) in [5.41, 5.74) is 1.03. The second-order valence-corrected chi connectivity index (χ2v) is 11.1. The molecule has 1 unspecified atom stereocenters. The molecule has 0 amide bonds. The zero-order valence-electron chi connectivity index (χ0n) is 14.6. The average molecular weight is 323 g/mol. The Hall–Kier alpha value is -1.29. The highest BCUT2D eigenvalue weighted by Crippen LogP contribution is 2.27. The Bertz CT molecular complexity index is 448. The van der Waals surface area contributed by atoms with E-state index in [1.165, 1.54) is 19.3 Å². The number of ether oxygens (including phenoxy) is 1. The SMILES string of the molecule is CCCCCCC(C(=O)O[Si](C)(C)C)c1ccc(OC)cc1. The molecule has 124 valence electrons. The van der Waals surface area contributed by atoms with Crippen LogP contribution in [0.25, 0.3) is 0 Å². The van der Waals surface area contributed by atoms with Crippen molar-refractivity contribution in [3.05, 3.63) is 29.8 Å². The van der Waals surface area contributed by atoms with Crippen molar-refractivity contribution in [1.82, 2.24) is 0 Å². The molecule has 0 aliphatic rings. The van der Waals surface area contributed by atoms with Crippen LogP contribution in [0.4, 0.5) is 0 Å². The topological polar surface area (TPSA) is 35.5 Å². The Morgan fingerprint density at radius 1 is 1.09 bits per heavy atom. The quantitative estimate of drug-likeness (QED) is 0.467. The molecule has 0 aliphatic carbocycles. The third-order valence-corrected chi connectivity index (χ3v) is 4.37. The monoisotopic (exact) mass is 322 g/mol. The van der Waals surface area contributed by atoms with E-state index in [2.05, 4.69) is 6.92 Å². The molecule has 0 saturated heterocycles. The van der Waals surface area contributed by atoms with Crippen LogP contribution >= 0.6 is 0 Å². The first-order valence-electron chi connectivity index (χ1n) is 8.24. The average Bonchev–Trinajstić information content (AvgIpc) is 2.45. The first-order valence-corrected chi connectivity index (χ1v) is 11.6. The lowest BCUT2D eigenvalue weighted by Gasteiger charge is -2.23. The molecule has 0 N–H and O–H groups in total. The van der Waals surface area contributed by atoms with E-state index in [9.17, 15) is 4.79 Å². The number of benzene rings is 1. The minimum absolute atomic E-state index is 0.0687. The van der Waals surface area contributed by atoms with Gasteiger partial charge in [-0.05, 0) is 43.8 Å². The molecule has 1 rings (SSSR count). The van der Waals surface area contributed by atoms with Gasteiger partial charge in [-0.2, -0.15) is 0 Å². The Labute approximate surface area is 136 Å². The summed E-state index contributed by atoms with van der Waals surface area (Å²) in [7, 11) is -0.213. The minimum atomic E-state index is -1.86. The third kappa shape index (κ3) is 6.65. The molecule has 0 radical (unpaired) electrons. The van der Waals surface area contributed by atoms with E-state index in [-0.39, 0.29) is 11.9 Å². The van der Waals surface area contributed by atoms with E-state index in [4.69, 9.17) is 9.16 Å². The normalized spacial score (nSPS) is 12.8. The second kappa shape index (κ2) is 8.98. The van der Waals surface area contributed by atoms with Gasteiger partial charge in [-0.1, -0.05) is 44.7 Å². The van der Waals surface area contributed by atoms with Crippen LogP contribution in [0.1, 0.15) is 50.5 Å². The van der Waals surface area contributed by atoms with Gasteiger partial charge in [-0.3, -0.25) is 4.79 Å². The molecular weight excluding hydrogens is 292 g/mol. The van der Waals surface area contributed by atoms with Crippen molar-refractivity contribution in [2.75, 3.05) is 7.11 Å². The van der Waals surface area contributed by atoms with Crippen molar-refractivity contribution in [1.29, 1.82) is 0 Å². The van der Waals surface area contributed by atoms with Crippen molar-refractivity contribution in [3.63, 3.8) is 0 Å². The van der Waals surface area contributed by atoms with E-state index in [0.29, 0.717) is 0 Å². The summed E-state index contributed by atoms with van der Waals surface area (Å²) in [5.74, 6) is 0.586. The molecule has 0 aliphatic heterocycles. The predicted octanol–water partition coefficient (Wildman–Crippen LogP) is 5.13. The number of unbranched alkanes of at least 4 members (excludes halogenated alkanes) is 3. The second-order valence-electron chi connectivity index (χ2n) is 6.71. The standard InChI is InChI=1S/C18H30O3Si/c1-6-7-8-9-10-17(18(19)21-22(3,4)5)15-11-13-16(20-2)14-12-15/h11-14,17H,6-10H2,1-5H3. The summed E-state index contributed by atoms with van der Waals surface area (Å²) in [6.07, 6.45) is 5.51. The van der Waals surface area contributed by atoms with Gasteiger partial charge in [0.15, 0.2) is 0 Å². The maximum atomic E-state index is 12.6. The molecule has 22 heavy (non-hydrogen) atoms. The van der Waals surface area contributed by atoms with Gasteiger partial charge < -0.3 is 9.16 Å². The summed E-state index contributed by atoms with van der Waals surface area (Å²) < 4.78 is 10.9. The zero-order chi connectivity index (χ0) is 16.6. The van der Waals surface area contributed by atoms with Gasteiger partial charge in [0.25, 0.3) is 5.97 Å².